The zero-order valence-corrected chi connectivity index (χ0v) is 11.8. The number of benzene rings is 1. The standard InChI is InChI=1S/C8H11NO.C6H13NO2/c1-2-9-7-3-5-8(10)6-4-7;1-4(2)3-5(7)6(8)9/h3-6,9-10H,2H2,1H3;4-5H,3,7H2,1-2H3,(H,8,9)/t;5-/m.0/s1. The minimum absolute atomic E-state index is 0.307. The van der Waals surface area contributed by atoms with Crippen LogP contribution in [0.2, 0.25) is 0 Å². The number of anilines is 1. The lowest BCUT2D eigenvalue weighted by Gasteiger charge is -2.07. The Kier molecular flexibility index (Phi) is 8.37. The number of rotatable bonds is 5. The Bertz CT molecular complexity index is 363. The molecule has 0 aromatic heterocycles. The van der Waals surface area contributed by atoms with Gasteiger partial charge < -0.3 is 21.3 Å². The average molecular weight is 268 g/mol. The highest BCUT2D eigenvalue weighted by atomic mass is 16.4. The van der Waals surface area contributed by atoms with Crippen molar-refractivity contribution in [3.8, 4) is 5.75 Å². The number of phenols is 1. The molecule has 19 heavy (non-hydrogen) atoms. The summed E-state index contributed by atoms with van der Waals surface area (Å²) >= 11 is 0. The number of aliphatic carboxylic acids is 1. The van der Waals surface area contributed by atoms with Crippen molar-refractivity contribution >= 4 is 11.7 Å². The van der Waals surface area contributed by atoms with Gasteiger partial charge in [-0.2, -0.15) is 0 Å². The molecule has 5 N–H and O–H groups in total. The van der Waals surface area contributed by atoms with E-state index in [-0.39, 0.29) is 0 Å². The molecule has 1 atom stereocenters. The minimum Gasteiger partial charge on any atom is -0.508 e. The van der Waals surface area contributed by atoms with Crippen molar-refractivity contribution in [3.05, 3.63) is 24.3 Å². The topological polar surface area (TPSA) is 95.6 Å². The summed E-state index contributed by atoms with van der Waals surface area (Å²) in [5.74, 6) is -0.249. The summed E-state index contributed by atoms with van der Waals surface area (Å²) in [6, 6.07) is 6.33. The highest BCUT2D eigenvalue weighted by molar-refractivity contribution is 5.72. The van der Waals surface area contributed by atoms with Gasteiger partial charge in [0.2, 0.25) is 0 Å². The molecule has 0 saturated heterocycles. The van der Waals surface area contributed by atoms with Crippen molar-refractivity contribution in [2.45, 2.75) is 33.2 Å². The van der Waals surface area contributed by atoms with Crippen LogP contribution in [0.4, 0.5) is 5.69 Å². The van der Waals surface area contributed by atoms with Gasteiger partial charge in [-0.05, 0) is 43.5 Å². The molecule has 5 nitrogen and oxygen atoms in total. The third kappa shape index (κ3) is 8.90. The molecule has 1 aromatic rings. The van der Waals surface area contributed by atoms with Crippen molar-refractivity contribution in [2.75, 3.05) is 11.9 Å². The predicted molar refractivity (Wildman–Crippen MR) is 77.3 cm³/mol. The molecular weight excluding hydrogens is 244 g/mol. The lowest BCUT2D eigenvalue weighted by atomic mass is 10.1. The predicted octanol–water partition coefficient (Wildman–Crippen LogP) is 2.27. The van der Waals surface area contributed by atoms with Crippen molar-refractivity contribution in [2.24, 2.45) is 11.7 Å². The number of hydrogen-bond donors (Lipinski definition) is 4. The largest absolute Gasteiger partial charge is 0.508 e. The molecular formula is C14H24N2O3. The quantitative estimate of drug-likeness (QED) is 0.614. The first-order valence-electron chi connectivity index (χ1n) is 6.38. The summed E-state index contributed by atoms with van der Waals surface area (Å²) in [5.41, 5.74) is 6.26. The average Bonchev–Trinajstić information content (AvgIpc) is 2.32. The van der Waals surface area contributed by atoms with Crippen molar-refractivity contribution in [1.82, 2.24) is 0 Å². The maximum absolute atomic E-state index is 10.1. The van der Waals surface area contributed by atoms with Crippen LogP contribution >= 0.6 is 0 Å². The molecule has 0 spiro atoms. The SMILES string of the molecule is CC(C)C[C@H](N)C(=O)O.CCNc1ccc(O)cc1. The first kappa shape index (κ1) is 17.2. The lowest BCUT2D eigenvalue weighted by molar-refractivity contribution is -0.138. The monoisotopic (exact) mass is 268 g/mol. The van der Waals surface area contributed by atoms with Crippen LogP contribution in [0.1, 0.15) is 27.2 Å². The van der Waals surface area contributed by atoms with E-state index in [0.717, 1.165) is 12.2 Å². The van der Waals surface area contributed by atoms with E-state index < -0.39 is 12.0 Å². The van der Waals surface area contributed by atoms with E-state index in [1.807, 2.05) is 32.9 Å². The number of aromatic hydroxyl groups is 1. The van der Waals surface area contributed by atoms with Gasteiger partial charge in [-0.3, -0.25) is 4.79 Å². The number of phenolic OH excluding ortho intramolecular Hbond substituents is 1. The van der Waals surface area contributed by atoms with Crippen LogP contribution in [0.3, 0.4) is 0 Å². The fourth-order valence-electron chi connectivity index (χ4n) is 1.39. The van der Waals surface area contributed by atoms with Gasteiger partial charge in [0.25, 0.3) is 0 Å². The molecule has 1 aromatic carbocycles. The van der Waals surface area contributed by atoms with E-state index in [1.54, 1.807) is 12.1 Å². The molecule has 0 bridgehead atoms. The second-order valence-electron chi connectivity index (χ2n) is 4.65. The van der Waals surface area contributed by atoms with Gasteiger partial charge >= 0.3 is 5.97 Å². The van der Waals surface area contributed by atoms with E-state index >= 15 is 0 Å². The summed E-state index contributed by atoms with van der Waals surface area (Å²) in [5, 5.41) is 20.3. The molecule has 0 radical (unpaired) electrons. The molecule has 0 heterocycles. The van der Waals surface area contributed by atoms with Crippen LogP contribution in [-0.4, -0.2) is 28.8 Å². The minimum atomic E-state index is -0.913. The van der Waals surface area contributed by atoms with Crippen LogP contribution in [0.5, 0.6) is 5.75 Å². The second-order valence-corrected chi connectivity index (χ2v) is 4.65. The van der Waals surface area contributed by atoms with Crippen LogP contribution in [0.15, 0.2) is 24.3 Å². The fraction of sp³-hybridized carbons (Fsp3) is 0.500. The highest BCUT2D eigenvalue weighted by Crippen LogP contribution is 2.12. The van der Waals surface area contributed by atoms with Crippen LogP contribution < -0.4 is 11.1 Å². The summed E-state index contributed by atoms with van der Waals surface area (Å²) in [4.78, 5) is 10.1. The molecule has 108 valence electrons. The van der Waals surface area contributed by atoms with Gasteiger partial charge in [0, 0.05) is 12.2 Å². The van der Waals surface area contributed by atoms with Gasteiger partial charge in [-0.15, -0.1) is 0 Å². The van der Waals surface area contributed by atoms with Crippen molar-refractivity contribution in [1.29, 1.82) is 0 Å². The van der Waals surface area contributed by atoms with E-state index in [4.69, 9.17) is 15.9 Å². The van der Waals surface area contributed by atoms with E-state index in [0.29, 0.717) is 18.1 Å². The molecule has 0 unspecified atom stereocenters. The lowest BCUT2D eigenvalue weighted by Crippen LogP contribution is -2.31. The van der Waals surface area contributed by atoms with Crippen molar-refractivity contribution in [3.63, 3.8) is 0 Å². The third-order valence-electron chi connectivity index (χ3n) is 2.29. The summed E-state index contributed by atoms with van der Waals surface area (Å²) < 4.78 is 0. The van der Waals surface area contributed by atoms with Crippen LogP contribution in [-0.2, 0) is 4.79 Å². The Morgan fingerprint density at radius 2 is 1.84 bits per heavy atom. The van der Waals surface area contributed by atoms with Crippen LogP contribution in [0, 0.1) is 5.92 Å². The normalized spacial score (nSPS) is 11.4. The summed E-state index contributed by atoms with van der Waals surface area (Å²) in [7, 11) is 0. The molecule has 0 saturated carbocycles. The van der Waals surface area contributed by atoms with E-state index in [2.05, 4.69) is 5.32 Å². The number of carboxylic acids is 1. The fourth-order valence-corrected chi connectivity index (χ4v) is 1.39. The van der Waals surface area contributed by atoms with Gasteiger partial charge in [0.05, 0.1) is 0 Å². The number of hydrogen-bond acceptors (Lipinski definition) is 4. The van der Waals surface area contributed by atoms with E-state index in [1.165, 1.54) is 0 Å². The first-order valence-corrected chi connectivity index (χ1v) is 6.38. The molecule has 0 aliphatic heterocycles. The zero-order valence-electron chi connectivity index (χ0n) is 11.8. The highest BCUT2D eigenvalue weighted by Gasteiger charge is 2.11. The number of nitrogens with one attached hydrogen (secondary N) is 1. The van der Waals surface area contributed by atoms with E-state index in [9.17, 15) is 4.79 Å². The van der Waals surface area contributed by atoms with Crippen LogP contribution in [0.25, 0.3) is 0 Å². The Hall–Kier alpha value is -1.75. The smallest absolute Gasteiger partial charge is 0.320 e. The maximum atomic E-state index is 10.1. The van der Waals surface area contributed by atoms with Gasteiger partial charge in [-0.1, -0.05) is 13.8 Å². The summed E-state index contributed by atoms with van der Waals surface area (Å²) in [6.45, 7) is 6.84. The van der Waals surface area contributed by atoms with Gasteiger partial charge in [0.15, 0.2) is 0 Å². The van der Waals surface area contributed by atoms with Gasteiger partial charge in [0.1, 0.15) is 11.8 Å². The molecule has 5 heteroatoms. The Balaban J connectivity index is 0.000000344. The second kappa shape index (κ2) is 9.22. The summed E-state index contributed by atoms with van der Waals surface area (Å²) in [6.07, 6.45) is 0.551. The molecule has 0 amide bonds. The Labute approximate surface area is 114 Å². The number of nitrogens with two attached hydrogens (primary N) is 1. The van der Waals surface area contributed by atoms with Gasteiger partial charge in [-0.25, -0.2) is 0 Å². The number of carbonyl (C=O) groups is 1. The Morgan fingerprint density at radius 3 is 2.16 bits per heavy atom. The third-order valence-corrected chi connectivity index (χ3v) is 2.29. The molecule has 0 fully saturated rings. The molecule has 0 aliphatic rings. The Morgan fingerprint density at radius 1 is 1.32 bits per heavy atom. The number of carboxylic acid groups (broad SMARTS) is 1. The molecule has 0 aliphatic carbocycles. The molecule has 1 rings (SSSR count). The zero-order chi connectivity index (χ0) is 14.8. The van der Waals surface area contributed by atoms with Crippen molar-refractivity contribution < 1.29 is 15.0 Å². The first-order chi connectivity index (χ1) is 8.86. The maximum Gasteiger partial charge on any atom is 0.320 e.